The van der Waals surface area contributed by atoms with Crippen LogP contribution in [0.4, 0.5) is 0 Å². The molecule has 0 bridgehead atoms. The monoisotopic (exact) mass is 248 g/mol. The van der Waals surface area contributed by atoms with Crippen molar-refractivity contribution < 1.29 is 34.0 Å². The zero-order valence-electron chi connectivity index (χ0n) is 9.66. The van der Waals surface area contributed by atoms with E-state index in [0.29, 0.717) is 0 Å². The summed E-state index contributed by atoms with van der Waals surface area (Å²) in [6, 6.07) is 0. The molecule has 0 aromatic heterocycles. The van der Waals surface area contributed by atoms with E-state index in [0.717, 1.165) is 6.92 Å². The van der Waals surface area contributed by atoms with Crippen LogP contribution in [-0.4, -0.2) is 59.8 Å². The quantitative estimate of drug-likeness (QED) is 0.592. The van der Waals surface area contributed by atoms with Gasteiger partial charge in [0.25, 0.3) is 0 Å². The molecule has 0 saturated carbocycles. The van der Waals surface area contributed by atoms with Gasteiger partial charge in [-0.3, -0.25) is 4.79 Å². The van der Waals surface area contributed by atoms with E-state index in [9.17, 15) is 19.8 Å². The summed E-state index contributed by atoms with van der Waals surface area (Å²) in [4.78, 5) is 22.4. The number of esters is 2. The van der Waals surface area contributed by atoms with Gasteiger partial charge in [0, 0.05) is 6.92 Å². The molecule has 4 atom stereocenters. The minimum absolute atomic E-state index is 0.143. The van der Waals surface area contributed by atoms with Gasteiger partial charge >= 0.3 is 11.9 Å². The average Bonchev–Trinajstić information content (AvgIpc) is 2.24. The second-order valence-electron chi connectivity index (χ2n) is 3.64. The molecule has 2 N–H and O–H groups in total. The fourth-order valence-corrected chi connectivity index (χ4v) is 1.54. The third kappa shape index (κ3) is 3.39. The second kappa shape index (κ2) is 5.95. The first-order valence-corrected chi connectivity index (χ1v) is 5.29. The molecule has 0 aliphatic carbocycles. The normalized spacial score (nSPS) is 32.9. The largest absolute Gasteiger partial charge is 0.464 e. The van der Waals surface area contributed by atoms with Crippen molar-refractivity contribution in [2.75, 3.05) is 13.2 Å². The van der Waals surface area contributed by atoms with Gasteiger partial charge in [-0.15, -0.1) is 0 Å². The molecule has 7 nitrogen and oxygen atoms in total. The number of aliphatic hydroxyl groups is 2. The van der Waals surface area contributed by atoms with E-state index in [-0.39, 0.29) is 13.2 Å². The summed E-state index contributed by atoms with van der Waals surface area (Å²) in [7, 11) is 0. The zero-order chi connectivity index (χ0) is 13.0. The van der Waals surface area contributed by atoms with Crippen molar-refractivity contribution in [3.63, 3.8) is 0 Å². The van der Waals surface area contributed by atoms with Crippen molar-refractivity contribution >= 4 is 11.9 Å². The van der Waals surface area contributed by atoms with Crippen molar-refractivity contribution in [3.05, 3.63) is 0 Å². The van der Waals surface area contributed by atoms with Crippen LogP contribution < -0.4 is 0 Å². The van der Waals surface area contributed by atoms with Crippen LogP contribution in [0.2, 0.25) is 0 Å². The number of carbonyl (C=O) groups is 2. The Morgan fingerprint density at radius 3 is 2.59 bits per heavy atom. The average molecular weight is 248 g/mol. The highest BCUT2D eigenvalue weighted by molar-refractivity contribution is 5.76. The van der Waals surface area contributed by atoms with Gasteiger partial charge in [-0.05, 0) is 6.92 Å². The lowest BCUT2D eigenvalue weighted by atomic mass is 10.00. The molecule has 1 aliphatic heterocycles. The molecule has 1 fully saturated rings. The van der Waals surface area contributed by atoms with E-state index in [2.05, 4.69) is 0 Å². The Labute approximate surface area is 98.3 Å². The van der Waals surface area contributed by atoms with Gasteiger partial charge < -0.3 is 24.4 Å². The molecule has 0 amide bonds. The maximum Gasteiger partial charge on any atom is 0.339 e. The first-order chi connectivity index (χ1) is 7.97. The standard InChI is InChI=1S/C10H16O7/c1-3-15-10(14)9-8(17-5(2)11)7(13)6(12)4-16-9/h6-9,12-13H,3-4H2,1-2H3/t6?,7-,8-,9+/m0/s1. The van der Waals surface area contributed by atoms with Crippen molar-refractivity contribution in [3.8, 4) is 0 Å². The van der Waals surface area contributed by atoms with Crippen LogP contribution in [0.25, 0.3) is 0 Å². The minimum Gasteiger partial charge on any atom is -0.464 e. The van der Waals surface area contributed by atoms with Gasteiger partial charge in [-0.2, -0.15) is 0 Å². The Kier molecular flexibility index (Phi) is 4.86. The summed E-state index contributed by atoms with van der Waals surface area (Å²) in [6.45, 7) is 2.68. The van der Waals surface area contributed by atoms with Gasteiger partial charge in [0.1, 0.15) is 12.2 Å². The molecule has 0 radical (unpaired) electrons. The maximum absolute atomic E-state index is 11.5. The second-order valence-corrected chi connectivity index (χ2v) is 3.64. The van der Waals surface area contributed by atoms with E-state index in [1.807, 2.05) is 0 Å². The molecule has 98 valence electrons. The first-order valence-electron chi connectivity index (χ1n) is 5.29. The fraction of sp³-hybridized carbons (Fsp3) is 0.800. The number of hydrogen-bond donors (Lipinski definition) is 2. The van der Waals surface area contributed by atoms with Crippen LogP contribution >= 0.6 is 0 Å². The summed E-state index contributed by atoms with van der Waals surface area (Å²) < 4.78 is 14.5. The van der Waals surface area contributed by atoms with E-state index in [1.54, 1.807) is 6.92 Å². The van der Waals surface area contributed by atoms with Crippen LogP contribution in [0.3, 0.4) is 0 Å². The van der Waals surface area contributed by atoms with Crippen LogP contribution in [0.15, 0.2) is 0 Å². The molecule has 1 aliphatic rings. The molecule has 0 spiro atoms. The van der Waals surface area contributed by atoms with Gasteiger partial charge in [0.2, 0.25) is 0 Å². The third-order valence-corrected chi connectivity index (χ3v) is 2.30. The molecular weight excluding hydrogens is 232 g/mol. The summed E-state index contributed by atoms with van der Waals surface area (Å²) in [5, 5.41) is 19.0. The summed E-state index contributed by atoms with van der Waals surface area (Å²) in [6.07, 6.45) is -5.04. The van der Waals surface area contributed by atoms with E-state index < -0.39 is 36.4 Å². The fourth-order valence-electron chi connectivity index (χ4n) is 1.54. The Hall–Kier alpha value is -1.18. The summed E-state index contributed by atoms with van der Waals surface area (Å²) in [5.41, 5.74) is 0. The number of rotatable bonds is 3. The molecule has 1 heterocycles. The van der Waals surface area contributed by atoms with Crippen LogP contribution in [-0.2, 0) is 23.8 Å². The third-order valence-electron chi connectivity index (χ3n) is 2.30. The molecular formula is C10H16O7. The van der Waals surface area contributed by atoms with E-state index in [1.165, 1.54) is 0 Å². The highest BCUT2D eigenvalue weighted by Gasteiger charge is 2.45. The van der Waals surface area contributed by atoms with Crippen molar-refractivity contribution in [2.24, 2.45) is 0 Å². The van der Waals surface area contributed by atoms with Gasteiger partial charge in [-0.1, -0.05) is 0 Å². The number of carbonyl (C=O) groups excluding carboxylic acids is 2. The highest BCUT2D eigenvalue weighted by atomic mass is 16.6. The lowest BCUT2D eigenvalue weighted by Gasteiger charge is -2.35. The molecule has 1 rings (SSSR count). The molecule has 1 saturated heterocycles. The van der Waals surface area contributed by atoms with Crippen LogP contribution in [0, 0.1) is 0 Å². The Balaban J connectivity index is 2.78. The number of hydrogen-bond acceptors (Lipinski definition) is 7. The minimum atomic E-state index is -1.37. The van der Waals surface area contributed by atoms with Crippen molar-refractivity contribution in [1.82, 2.24) is 0 Å². The smallest absolute Gasteiger partial charge is 0.339 e. The molecule has 0 aromatic rings. The zero-order valence-corrected chi connectivity index (χ0v) is 9.66. The van der Waals surface area contributed by atoms with Crippen LogP contribution in [0.1, 0.15) is 13.8 Å². The molecule has 0 aromatic carbocycles. The highest BCUT2D eigenvalue weighted by Crippen LogP contribution is 2.20. The van der Waals surface area contributed by atoms with E-state index >= 15 is 0 Å². The molecule has 1 unspecified atom stereocenters. The Morgan fingerprint density at radius 1 is 1.41 bits per heavy atom. The maximum atomic E-state index is 11.5. The molecule has 7 heteroatoms. The van der Waals surface area contributed by atoms with Crippen molar-refractivity contribution in [1.29, 1.82) is 0 Å². The topological polar surface area (TPSA) is 102 Å². The Morgan fingerprint density at radius 2 is 2.06 bits per heavy atom. The summed E-state index contributed by atoms with van der Waals surface area (Å²) >= 11 is 0. The number of ether oxygens (including phenoxy) is 3. The van der Waals surface area contributed by atoms with E-state index in [4.69, 9.17) is 14.2 Å². The number of aliphatic hydroxyl groups excluding tert-OH is 2. The predicted molar refractivity (Wildman–Crippen MR) is 53.9 cm³/mol. The summed E-state index contributed by atoms with van der Waals surface area (Å²) in [5.74, 6) is -1.41. The lowest BCUT2D eigenvalue weighted by Crippen LogP contribution is -2.57. The Bertz CT molecular complexity index is 290. The van der Waals surface area contributed by atoms with Crippen molar-refractivity contribution in [2.45, 2.75) is 38.3 Å². The SMILES string of the molecule is CCOC(=O)[C@@H]1OCC(O)[C@H](O)[C@@H]1OC(C)=O. The predicted octanol–water partition coefficient (Wildman–Crippen LogP) is -1.40. The van der Waals surface area contributed by atoms with Crippen LogP contribution in [0.5, 0.6) is 0 Å². The van der Waals surface area contributed by atoms with Gasteiger partial charge in [-0.25, -0.2) is 4.79 Å². The van der Waals surface area contributed by atoms with Gasteiger partial charge in [0.05, 0.1) is 13.2 Å². The lowest BCUT2D eigenvalue weighted by molar-refractivity contribution is -0.216. The van der Waals surface area contributed by atoms with Gasteiger partial charge in [0.15, 0.2) is 12.2 Å². The first kappa shape index (κ1) is 13.9. The molecule has 17 heavy (non-hydrogen) atoms.